The van der Waals surface area contributed by atoms with Crippen molar-refractivity contribution in [3.8, 4) is 0 Å². The molecule has 0 aromatic rings. The molecule has 0 bridgehead atoms. The molecule has 1 fully saturated rings. The second-order valence-electron chi connectivity index (χ2n) is 3.03. The Morgan fingerprint density at radius 1 is 1.54 bits per heavy atom. The first kappa shape index (κ1) is 9.78. The number of amides is 1. The average molecular weight is 177 g/mol. The monoisotopic (exact) mass is 177 g/mol. The highest BCUT2D eigenvalue weighted by Gasteiger charge is 2.23. The van der Waals surface area contributed by atoms with Crippen LogP contribution in [0.2, 0.25) is 0 Å². The minimum atomic E-state index is 0.183. The average Bonchev–Trinajstić information content (AvgIpc) is 2.12. The van der Waals surface area contributed by atoms with Gasteiger partial charge in [-0.3, -0.25) is 4.79 Å². The van der Waals surface area contributed by atoms with Gasteiger partial charge in [0.2, 0.25) is 5.91 Å². The molecule has 0 aliphatic carbocycles. The lowest BCUT2D eigenvalue weighted by atomic mass is 10.0. The Balaban J connectivity index is 2.96. The van der Waals surface area contributed by atoms with E-state index in [1.807, 2.05) is 13.0 Å². The van der Waals surface area contributed by atoms with Crippen molar-refractivity contribution in [2.24, 2.45) is 0 Å². The SMILES string of the molecule is C=C/C=C1\C(=C)CCC(=O)N1CC. The van der Waals surface area contributed by atoms with Crippen molar-refractivity contribution < 1.29 is 4.79 Å². The number of allylic oxidation sites excluding steroid dienone is 3. The number of hydrogen-bond acceptors (Lipinski definition) is 1. The van der Waals surface area contributed by atoms with Crippen LogP contribution in [0.3, 0.4) is 0 Å². The molecule has 0 radical (unpaired) electrons. The fourth-order valence-electron chi connectivity index (χ4n) is 1.51. The van der Waals surface area contributed by atoms with Gasteiger partial charge in [0.1, 0.15) is 0 Å². The van der Waals surface area contributed by atoms with Crippen LogP contribution in [0.4, 0.5) is 0 Å². The van der Waals surface area contributed by atoms with Crippen LogP contribution in [-0.2, 0) is 4.79 Å². The van der Waals surface area contributed by atoms with Gasteiger partial charge in [-0.25, -0.2) is 0 Å². The van der Waals surface area contributed by atoms with E-state index in [2.05, 4.69) is 13.2 Å². The second-order valence-corrected chi connectivity index (χ2v) is 3.03. The van der Waals surface area contributed by atoms with Gasteiger partial charge in [0.25, 0.3) is 0 Å². The summed E-state index contributed by atoms with van der Waals surface area (Å²) in [4.78, 5) is 13.2. The van der Waals surface area contributed by atoms with Crippen LogP contribution in [0.15, 0.2) is 36.6 Å². The van der Waals surface area contributed by atoms with Gasteiger partial charge >= 0.3 is 0 Å². The van der Waals surface area contributed by atoms with Crippen molar-refractivity contribution in [1.29, 1.82) is 0 Å². The maximum Gasteiger partial charge on any atom is 0.227 e. The molecule has 70 valence electrons. The Morgan fingerprint density at radius 2 is 2.23 bits per heavy atom. The van der Waals surface area contributed by atoms with Crippen LogP contribution in [0, 0.1) is 0 Å². The summed E-state index contributed by atoms with van der Waals surface area (Å²) >= 11 is 0. The molecule has 1 rings (SSSR count). The lowest BCUT2D eigenvalue weighted by Gasteiger charge is -2.29. The molecule has 0 atom stereocenters. The molecular formula is C11H15NO. The predicted molar refractivity (Wildman–Crippen MR) is 54.0 cm³/mol. The molecule has 0 saturated carbocycles. The van der Waals surface area contributed by atoms with Crippen LogP contribution in [-0.4, -0.2) is 17.4 Å². The van der Waals surface area contributed by atoms with Crippen LogP contribution in [0.25, 0.3) is 0 Å². The van der Waals surface area contributed by atoms with E-state index in [0.29, 0.717) is 13.0 Å². The fourth-order valence-corrected chi connectivity index (χ4v) is 1.51. The highest BCUT2D eigenvalue weighted by molar-refractivity contribution is 5.81. The molecule has 0 N–H and O–H groups in total. The van der Waals surface area contributed by atoms with Gasteiger partial charge in [-0.05, 0) is 25.0 Å². The van der Waals surface area contributed by atoms with Gasteiger partial charge in [0.15, 0.2) is 0 Å². The third kappa shape index (κ3) is 1.89. The molecule has 1 amide bonds. The zero-order valence-corrected chi connectivity index (χ0v) is 8.05. The van der Waals surface area contributed by atoms with Gasteiger partial charge in [-0.15, -0.1) is 0 Å². The van der Waals surface area contributed by atoms with E-state index in [0.717, 1.165) is 17.7 Å². The Labute approximate surface area is 79.2 Å². The summed E-state index contributed by atoms with van der Waals surface area (Å²) in [5.41, 5.74) is 1.95. The zero-order valence-electron chi connectivity index (χ0n) is 8.05. The smallest absolute Gasteiger partial charge is 0.227 e. The van der Waals surface area contributed by atoms with E-state index in [9.17, 15) is 4.79 Å². The lowest BCUT2D eigenvalue weighted by Crippen LogP contribution is -2.34. The molecule has 13 heavy (non-hydrogen) atoms. The Hall–Kier alpha value is -1.31. The van der Waals surface area contributed by atoms with Crippen molar-refractivity contribution in [2.45, 2.75) is 19.8 Å². The van der Waals surface area contributed by atoms with Crippen LogP contribution >= 0.6 is 0 Å². The Kier molecular flexibility index (Phi) is 3.07. The van der Waals surface area contributed by atoms with Crippen LogP contribution < -0.4 is 0 Å². The minimum absolute atomic E-state index is 0.183. The maximum absolute atomic E-state index is 11.5. The van der Waals surface area contributed by atoms with Crippen molar-refractivity contribution >= 4 is 5.91 Å². The molecule has 2 nitrogen and oxygen atoms in total. The number of hydrogen-bond donors (Lipinski definition) is 0. The number of piperidine rings is 1. The molecule has 1 heterocycles. The lowest BCUT2D eigenvalue weighted by molar-refractivity contribution is -0.129. The summed E-state index contributed by atoms with van der Waals surface area (Å²) in [6.45, 7) is 10.2. The Morgan fingerprint density at radius 3 is 2.77 bits per heavy atom. The topological polar surface area (TPSA) is 20.3 Å². The summed E-state index contributed by atoms with van der Waals surface area (Å²) < 4.78 is 0. The van der Waals surface area contributed by atoms with E-state index >= 15 is 0 Å². The molecule has 2 heteroatoms. The summed E-state index contributed by atoms with van der Waals surface area (Å²) in [5, 5.41) is 0. The van der Waals surface area contributed by atoms with Crippen molar-refractivity contribution in [1.82, 2.24) is 4.90 Å². The molecule has 1 saturated heterocycles. The number of nitrogens with zero attached hydrogens (tertiary/aromatic N) is 1. The summed E-state index contributed by atoms with van der Waals surface area (Å²) in [6, 6.07) is 0. The van der Waals surface area contributed by atoms with Crippen molar-refractivity contribution in [3.63, 3.8) is 0 Å². The number of rotatable bonds is 2. The molecule has 0 spiro atoms. The minimum Gasteiger partial charge on any atom is -0.312 e. The number of likely N-dealkylation sites (N-methyl/N-ethyl adjacent to an activating group) is 1. The normalized spacial score (nSPS) is 21.0. The van der Waals surface area contributed by atoms with Gasteiger partial charge in [-0.2, -0.15) is 0 Å². The number of likely N-dealkylation sites (tertiary alicyclic amines) is 1. The highest BCUT2D eigenvalue weighted by Crippen LogP contribution is 2.25. The van der Waals surface area contributed by atoms with Crippen molar-refractivity contribution in [2.75, 3.05) is 6.54 Å². The second kappa shape index (κ2) is 4.08. The molecule has 0 aromatic heterocycles. The first-order valence-corrected chi connectivity index (χ1v) is 4.52. The summed E-state index contributed by atoms with van der Waals surface area (Å²) in [7, 11) is 0. The standard InChI is InChI=1S/C11H15NO/c1-4-6-10-9(3)7-8-11(13)12(10)5-2/h4,6H,1,3,5,7-8H2,2H3/b10-6+. The predicted octanol–water partition coefficient (Wildman–Crippen LogP) is 2.25. The largest absolute Gasteiger partial charge is 0.312 e. The summed E-state index contributed by atoms with van der Waals surface area (Å²) in [5.74, 6) is 0.183. The highest BCUT2D eigenvalue weighted by atomic mass is 16.2. The number of carbonyl (C=O) groups is 1. The molecular weight excluding hydrogens is 162 g/mol. The molecule has 0 unspecified atom stereocenters. The first-order chi connectivity index (χ1) is 6.20. The number of carbonyl (C=O) groups excluding carboxylic acids is 1. The third-order valence-electron chi connectivity index (χ3n) is 2.19. The van der Waals surface area contributed by atoms with Gasteiger partial charge < -0.3 is 4.90 Å². The molecule has 1 aliphatic rings. The molecule has 0 aromatic carbocycles. The van der Waals surface area contributed by atoms with Gasteiger partial charge in [0.05, 0.1) is 0 Å². The van der Waals surface area contributed by atoms with E-state index in [4.69, 9.17) is 0 Å². The van der Waals surface area contributed by atoms with Gasteiger partial charge in [-0.1, -0.05) is 19.2 Å². The van der Waals surface area contributed by atoms with E-state index in [1.165, 1.54) is 0 Å². The van der Waals surface area contributed by atoms with Crippen LogP contribution in [0.5, 0.6) is 0 Å². The van der Waals surface area contributed by atoms with Crippen molar-refractivity contribution in [3.05, 3.63) is 36.6 Å². The Bertz CT molecular complexity index is 276. The van der Waals surface area contributed by atoms with E-state index in [-0.39, 0.29) is 5.91 Å². The third-order valence-corrected chi connectivity index (χ3v) is 2.19. The maximum atomic E-state index is 11.5. The zero-order chi connectivity index (χ0) is 9.84. The van der Waals surface area contributed by atoms with E-state index in [1.54, 1.807) is 11.0 Å². The summed E-state index contributed by atoms with van der Waals surface area (Å²) in [6.07, 6.45) is 4.90. The molecule has 1 aliphatic heterocycles. The van der Waals surface area contributed by atoms with Gasteiger partial charge in [0, 0.05) is 18.7 Å². The quantitative estimate of drug-likeness (QED) is 0.633. The first-order valence-electron chi connectivity index (χ1n) is 4.52. The van der Waals surface area contributed by atoms with E-state index < -0.39 is 0 Å². The fraction of sp³-hybridized carbons (Fsp3) is 0.364. The van der Waals surface area contributed by atoms with Crippen LogP contribution in [0.1, 0.15) is 19.8 Å².